The Bertz CT molecular complexity index is 556. The zero-order chi connectivity index (χ0) is 15.2. The second kappa shape index (κ2) is 7.41. The normalized spacial score (nSPS) is 11.5. The highest BCUT2D eigenvalue weighted by Crippen LogP contribution is 2.21. The Morgan fingerprint density at radius 1 is 1.38 bits per heavy atom. The molecule has 2 aromatic rings. The monoisotopic (exact) mass is 290 g/mol. The van der Waals surface area contributed by atoms with Crippen molar-refractivity contribution in [2.45, 2.75) is 40.0 Å². The van der Waals surface area contributed by atoms with Crippen molar-refractivity contribution in [3.8, 4) is 11.5 Å². The van der Waals surface area contributed by atoms with E-state index in [2.05, 4.69) is 42.2 Å². The molecule has 2 heterocycles. The SMILES string of the molecule is CCc1cc(-c2cnc(CCCNCC(C)C)o2)n(C)n1. The fraction of sp³-hybridized carbons (Fsp3) is 0.625. The van der Waals surface area contributed by atoms with Crippen LogP contribution in [0.5, 0.6) is 0 Å². The summed E-state index contributed by atoms with van der Waals surface area (Å²) < 4.78 is 7.69. The van der Waals surface area contributed by atoms with Gasteiger partial charge in [0.2, 0.25) is 0 Å². The van der Waals surface area contributed by atoms with Gasteiger partial charge in [-0.15, -0.1) is 0 Å². The summed E-state index contributed by atoms with van der Waals surface area (Å²) in [6, 6.07) is 2.06. The number of nitrogens with one attached hydrogen (secondary N) is 1. The van der Waals surface area contributed by atoms with Gasteiger partial charge >= 0.3 is 0 Å². The van der Waals surface area contributed by atoms with Crippen LogP contribution in [0.25, 0.3) is 11.5 Å². The number of oxazole rings is 1. The van der Waals surface area contributed by atoms with E-state index >= 15 is 0 Å². The summed E-state index contributed by atoms with van der Waals surface area (Å²) in [6.45, 7) is 8.59. The van der Waals surface area contributed by atoms with Gasteiger partial charge in [-0.3, -0.25) is 4.68 Å². The van der Waals surface area contributed by atoms with Gasteiger partial charge in [-0.05, 0) is 37.9 Å². The molecule has 0 amide bonds. The van der Waals surface area contributed by atoms with Crippen molar-refractivity contribution in [3.63, 3.8) is 0 Å². The quantitative estimate of drug-likeness (QED) is 0.760. The number of aromatic nitrogens is 3. The lowest BCUT2D eigenvalue weighted by atomic mass is 10.2. The molecule has 5 nitrogen and oxygen atoms in total. The van der Waals surface area contributed by atoms with Crippen molar-refractivity contribution in [2.75, 3.05) is 13.1 Å². The zero-order valence-corrected chi connectivity index (χ0v) is 13.5. The van der Waals surface area contributed by atoms with E-state index in [-0.39, 0.29) is 0 Å². The largest absolute Gasteiger partial charge is 0.439 e. The zero-order valence-electron chi connectivity index (χ0n) is 13.5. The topological polar surface area (TPSA) is 55.9 Å². The van der Waals surface area contributed by atoms with Gasteiger partial charge in [-0.2, -0.15) is 5.10 Å². The van der Waals surface area contributed by atoms with Gasteiger partial charge in [-0.25, -0.2) is 4.98 Å². The molecule has 2 aromatic heterocycles. The highest BCUT2D eigenvalue weighted by Gasteiger charge is 2.11. The Morgan fingerprint density at radius 2 is 2.19 bits per heavy atom. The summed E-state index contributed by atoms with van der Waals surface area (Å²) in [4.78, 5) is 4.37. The molecule has 0 spiro atoms. The maximum absolute atomic E-state index is 5.84. The van der Waals surface area contributed by atoms with Crippen molar-refractivity contribution >= 4 is 0 Å². The minimum Gasteiger partial charge on any atom is -0.439 e. The van der Waals surface area contributed by atoms with Crippen LogP contribution in [0.3, 0.4) is 0 Å². The first kappa shape index (κ1) is 15.8. The predicted octanol–water partition coefficient (Wildman–Crippen LogP) is 2.82. The van der Waals surface area contributed by atoms with Crippen molar-refractivity contribution in [1.29, 1.82) is 0 Å². The first-order valence-electron chi connectivity index (χ1n) is 7.78. The van der Waals surface area contributed by atoms with E-state index in [9.17, 15) is 0 Å². The van der Waals surface area contributed by atoms with Gasteiger partial charge in [0.15, 0.2) is 11.7 Å². The molecule has 0 radical (unpaired) electrons. The fourth-order valence-corrected chi connectivity index (χ4v) is 2.23. The molecule has 5 heteroatoms. The molecule has 0 aliphatic carbocycles. The molecular weight excluding hydrogens is 264 g/mol. The van der Waals surface area contributed by atoms with Gasteiger partial charge < -0.3 is 9.73 Å². The first-order chi connectivity index (χ1) is 10.1. The first-order valence-corrected chi connectivity index (χ1v) is 7.78. The molecule has 0 unspecified atom stereocenters. The van der Waals surface area contributed by atoms with Crippen molar-refractivity contribution < 1.29 is 4.42 Å². The van der Waals surface area contributed by atoms with Crippen LogP contribution >= 0.6 is 0 Å². The Labute approximate surface area is 126 Å². The van der Waals surface area contributed by atoms with E-state index in [0.717, 1.165) is 55.4 Å². The summed E-state index contributed by atoms with van der Waals surface area (Å²) in [6.07, 6.45) is 4.63. The minimum absolute atomic E-state index is 0.691. The van der Waals surface area contributed by atoms with E-state index in [1.165, 1.54) is 0 Å². The Morgan fingerprint density at radius 3 is 2.86 bits per heavy atom. The van der Waals surface area contributed by atoms with Crippen LogP contribution in [0.4, 0.5) is 0 Å². The van der Waals surface area contributed by atoms with Crippen LogP contribution in [-0.2, 0) is 19.9 Å². The van der Waals surface area contributed by atoms with Gasteiger partial charge in [-0.1, -0.05) is 20.8 Å². The summed E-state index contributed by atoms with van der Waals surface area (Å²) in [7, 11) is 1.94. The second-order valence-corrected chi connectivity index (χ2v) is 5.82. The molecular formula is C16H26N4O. The lowest BCUT2D eigenvalue weighted by Gasteiger charge is -2.05. The van der Waals surface area contributed by atoms with Crippen LogP contribution in [0.15, 0.2) is 16.7 Å². The molecule has 0 aromatic carbocycles. The summed E-state index contributed by atoms with van der Waals surface area (Å²) in [5.41, 5.74) is 2.06. The van der Waals surface area contributed by atoms with E-state index in [1.807, 2.05) is 11.7 Å². The average molecular weight is 290 g/mol. The van der Waals surface area contributed by atoms with Crippen molar-refractivity contribution in [2.24, 2.45) is 13.0 Å². The molecule has 0 saturated heterocycles. The molecule has 0 aliphatic heterocycles. The smallest absolute Gasteiger partial charge is 0.195 e. The third-order valence-electron chi connectivity index (χ3n) is 3.40. The van der Waals surface area contributed by atoms with Gasteiger partial charge in [0.25, 0.3) is 0 Å². The van der Waals surface area contributed by atoms with Gasteiger partial charge in [0.05, 0.1) is 11.9 Å². The van der Waals surface area contributed by atoms with Crippen LogP contribution in [-0.4, -0.2) is 27.9 Å². The molecule has 2 rings (SSSR count). The van der Waals surface area contributed by atoms with E-state index in [1.54, 1.807) is 6.20 Å². The molecule has 0 bridgehead atoms. The molecule has 1 N–H and O–H groups in total. The fourth-order valence-electron chi connectivity index (χ4n) is 2.23. The Hall–Kier alpha value is -1.62. The lowest BCUT2D eigenvalue weighted by Crippen LogP contribution is -2.21. The van der Waals surface area contributed by atoms with Crippen LogP contribution in [0.2, 0.25) is 0 Å². The van der Waals surface area contributed by atoms with Gasteiger partial charge in [0, 0.05) is 13.5 Å². The summed E-state index contributed by atoms with van der Waals surface area (Å²) >= 11 is 0. The second-order valence-electron chi connectivity index (χ2n) is 5.82. The lowest BCUT2D eigenvalue weighted by molar-refractivity contribution is 0.480. The average Bonchev–Trinajstić information content (AvgIpc) is 3.04. The Kier molecular flexibility index (Phi) is 5.56. The minimum atomic E-state index is 0.691. The number of aryl methyl sites for hydroxylation is 3. The van der Waals surface area contributed by atoms with Gasteiger partial charge in [0.1, 0.15) is 5.69 Å². The van der Waals surface area contributed by atoms with Crippen LogP contribution < -0.4 is 5.32 Å². The number of hydrogen-bond acceptors (Lipinski definition) is 4. The highest BCUT2D eigenvalue weighted by molar-refractivity contribution is 5.51. The standard InChI is InChI=1S/C16H26N4O/c1-5-13-9-14(20(4)19-13)15-11-18-16(21-15)7-6-8-17-10-12(2)3/h9,11-12,17H,5-8,10H2,1-4H3. The molecule has 116 valence electrons. The van der Waals surface area contributed by atoms with Crippen molar-refractivity contribution in [3.05, 3.63) is 23.8 Å². The summed E-state index contributed by atoms with van der Waals surface area (Å²) in [5, 5.41) is 7.87. The number of nitrogens with zero attached hydrogens (tertiary/aromatic N) is 3. The maximum Gasteiger partial charge on any atom is 0.195 e. The maximum atomic E-state index is 5.84. The Balaban J connectivity index is 1.87. The molecule has 21 heavy (non-hydrogen) atoms. The van der Waals surface area contributed by atoms with E-state index < -0.39 is 0 Å². The molecule has 0 atom stereocenters. The summed E-state index contributed by atoms with van der Waals surface area (Å²) in [5.74, 6) is 2.29. The van der Waals surface area contributed by atoms with Crippen LogP contribution in [0, 0.1) is 5.92 Å². The third kappa shape index (κ3) is 4.43. The van der Waals surface area contributed by atoms with E-state index in [4.69, 9.17) is 4.42 Å². The van der Waals surface area contributed by atoms with E-state index in [0.29, 0.717) is 5.92 Å². The number of rotatable bonds is 8. The predicted molar refractivity (Wildman–Crippen MR) is 84.1 cm³/mol. The number of hydrogen-bond donors (Lipinski definition) is 1. The molecule has 0 saturated carbocycles. The van der Waals surface area contributed by atoms with Crippen LogP contribution in [0.1, 0.15) is 38.8 Å². The van der Waals surface area contributed by atoms with Crippen molar-refractivity contribution in [1.82, 2.24) is 20.1 Å². The molecule has 0 fully saturated rings. The highest BCUT2D eigenvalue weighted by atomic mass is 16.4. The molecule has 0 aliphatic rings. The third-order valence-corrected chi connectivity index (χ3v) is 3.40.